The molecule has 3 aromatic rings. The van der Waals surface area contributed by atoms with E-state index in [1.807, 2.05) is 48.5 Å². The Kier molecular flexibility index (Phi) is 8.29. The molecule has 3 rings (SSSR count). The Morgan fingerprint density at radius 3 is 2.38 bits per heavy atom. The highest BCUT2D eigenvalue weighted by Crippen LogP contribution is 2.19. The summed E-state index contributed by atoms with van der Waals surface area (Å²) in [5.41, 5.74) is 2.75. The van der Waals surface area contributed by atoms with Gasteiger partial charge in [-0.2, -0.15) is 11.8 Å². The maximum Gasteiger partial charge on any atom is 0.251 e. The van der Waals surface area contributed by atoms with Gasteiger partial charge in [-0.1, -0.05) is 53.5 Å². The molecule has 0 unspecified atom stereocenters. The van der Waals surface area contributed by atoms with Gasteiger partial charge in [0.2, 0.25) is 0 Å². The van der Waals surface area contributed by atoms with Crippen LogP contribution in [0.25, 0.3) is 0 Å². The number of nitrogens with one attached hydrogen (secondary N) is 1. The second kappa shape index (κ2) is 11.1. The molecule has 1 amide bonds. The molecule has 0 saturated heterocycles. The molecule has 0 radical (unpaired) electrons. The Hall–Kier alpha value is -2.14. The second-order valence-electron chi connectivity index (χ2n) is 6.34. The van der Waals surface area contributed by atoms with E-state index in [4.69, 9.17) is 27.9 Å². The van der Waals surface area contributed by atoms with Crippen molar-refractivity contribution in [1.82, 2.24) is 5.32 Å². The van der Waals surface area contributed by atoms with Crippen LogP contribution < -0.4 is 10.1 Å². The number of ether oxygens (including phenoxy) is 1. The molecule has 0 aliphatic rings. The van der Waals surface area contributed by atoms with Crippen molar-refractivity contribution in [2.75, 3.05) is 12.3 Å². The molecule has 150 valence electrons. The van der Waals surface area contributed by atoms with Crippen molar-refractivity contribution < 1.29 is 9.53 Å². The highest BCUT2D eigenvalue weighted by atomic mass is 35.5. The minimum absolute atomic E-state index is 0.0882. The van der Waals surface area contributed by atoms with Gasteiger partial charge in [0, 0.05) is 39.2 Å². The Balaban J connectivity index is 1.38. The number of hydrogen-bond acceptors (Lipinski definition) is 3. The van der Waals surface area contributed by atoms with E-state index in [2.05, 4.69) is 5.32 Å². The molecular weight excluding hydrogens is 425 g/mol. The van der Waals surface area contributed by atoms with Crippen LogP contribution in [0, 0.1) is 0 Å². The van der Waals surface area contributed by atoms with Gasteiger partial charge in [-0.05, 0) is 48.0 Å². The molecule has 0 aliphatic heterocycles. The summed E-state index contributed by atoms with van der Waals surface area (Å²) in [5, 5.41) is 4.36. The fourth-order valence-corrected chi connectivity index (χ4v) is 3.72. The number of amides is 1. The van der Waals surface area contributed by atoms with E-state index in [1.165, 1.54) is 5.56 Å². The SMILES string of the molecule is O=C(NCCSCc1ccc(Cl)cc1)c1ccc(OCc2ccccc2Cl)cc1. The monoisotopic (exact) mass is 445 g/mol. The molecule has 0 fully saturated rings. The standard InChI is InChI=1S/C23H21Cl2NO2S/c24-20-9-5-17(6-10-20)16-29-14-13-26-23(27)18-7-11-21(12-8-18)28-15-19-3-1-2-4-22(19)25/h1-12H,13-16H2,(H,26,27). The van der Waals surface area contributed by atoms with E-state index < -0.39 is 0 Å². The third-order valence-electron chi connectivity index (χ3n) is 4.18. The molecule has 0 heterocycles. The van der Waals surface area contributed by atoms with Crippen LogP contribution in [-0.2, 0) is 12.4 Å². The first-order valence-electron chi connectivity index (χ1n) is 9.18. The van der Waals surface area contributed by atoms with Crippen molar-refractivity contribution in [1.29, 1.82) is 0 Å². The molecule has 1 N–H and O–H groups in total. The molecule has 0 bridgehead atoms. The number of rotatable bonds is 9. The van der Waals surface area contributed by atoms with Crippen LogP contribution in [0.2, 0.25) is 10.0 Å². The Labute approximate surface area is 185 Å². The van der Waals surface area contributed by atoms with Crippen LogP contribution in [-0.4, -0.2) is 18.2 Å². The molecule has 0 atom stereocenters. The molecule has 0 spiro atoms. The maximum atomic E-state index is 12.3. The lowest BCUT2D eigenvalue weighted by atomic mass is 10.2. The third-order valence-corrected chi connectivity index (χ3v) is 5.83. The number of carbonyl (C=O) groups is 1. The van der Waals surface area contributed by atoms with Crippen LogP contribution in [0.15, 0.2) is 72.8 Å². The second-order valence-corrected chi connectivity index (χ2v) is 8.29. The Morgan fingerprint density at radius 1 is 0.931 bits per heavy atom. The van der Waals surface area contributed by atoms with Gasteiger partial charge in [0.15, 0.2) is 0 Å². The average molecular weight is 446 g/mol. The predicted molar refractivity (Wildman–Crippen MR) is 122 cm³/mol. The average Bonchev–Trinajstić information content (AvgIpc) is 2.74. The van der Waals surface area contributed by atoms with Crippen LogP contribution in [0.1, 0.15) is 21.5 Å². The van der Waals surface area contributed by atoms with E-state index in [0.29, 0.717) is 29.5 Å². The van der Waals surface area contributed by atoms with Gasteiger partial charge in [0.25, 0.3) is 5.91 Å². The van der Waals surface area contributed by atoms with Gasteiger partial charge >= 0.3 is 0 Å². The zero-order valence-corrected chi connectivity index (χ0v) is 18.1. The number of halogens is 2. The molecular formula is C23H21Cl2NO2S. The first-order valence-corrected chi connectivity index (χ1v) is 11.1. The van der Waals surface area contributed by atoms with Gasteiger partial charge in [-0.25, -0.2) is 0 Å². The number of hydrogen-bond donors (Lipinski definition) is 1. The Morgan fingerprint density at radius 2 is 1.66 bits per heavy atom. The summed E-state index contributed by atoms with van der Waals surface area (Å²) in [5.74, 6) is 2.34. The highest BCUT2D eigenvalue weighted by molar-refractivity contribution is 7.98. The van der Waals surface area contributed by atoms with Crippen molar-refractivity contribution in [2.45, 2.75) is 12.4 Å². The van der Waals surface area contributed by atoms with Crippen LogP contribution >= 0.6 is 35.0 Å². The highest BCUT2D eigenvalue weighted by Gasteiger charge is 2.06. The van der Waals surface area contributed by atoms with E-state index in [0.717, 1.165) is 22.1 Å². The molecule has 29 heavy (non-hydrogen) atoms. The lowest BCUT2D eigenvalue weighted by Gasteiger charge is -2.09. The predicted octanol–water partition coefficient (Wildman–Crippen LogP) is 6.24. The van der Waals surface area contributed by atoms with Crippen LogP contribution in [0.5, 0.6) is 5.75 Å². The van der Waals surface area contributed by atoms with Crippen molar-refractivity contribution in [3.63, 3.8) is 0 Å². The first kappa shape index (κ1) is 21.6. The van der Waals surface area contributed by atoms with Crippen molar-refractivity contribution in [3.05, 3.63) is 99.5 Å². The van der Waals surface area contributed by atoms with Gasteiger partial charge in [0.1, 0.15) is 12.4 Å². The molecule has 0 saturated carbocycles. The van der Waals surface area contributed by atoms with Gasteiger partial charge in [0.05, 0.1) is 0 Å². The van der Waals surface area contributed by atoms with Gasteiger partial charge in [-0.3, -0.25) is 4.79 Å². The summed E-state index contributed by atoms with van der Waals surface area (Å²) in [6, 6.07) is 22.5. The van der Waals surface area contributed by atoms with E-state index in [-0.39, 0.29) is 5.91 Å². The maximum absolute atomic E-state index is 12.3. The minimum Gasteiger partial charge on any atom is -0.489 e. The topological polar surface area (TPSA) is 38.3 Å². The van der Waals surface area contributed by atoms with Gasteiger partial charge < -0.3 is 10.1 Å². The Bertz CT molecular complexity index is 930. The van der Waals surface area contributed by atoms with E-state index in [9.17, 15) is 4.79 Å². The van der Waals surface area contributed by atoms with Crippen LogP contribution in [0.3, 0.4) is 0 Å². The van der Waals surface area contributed by atoms with Crippen LogP contribution in [0.4, 0.5) is 0 Å². The zero-order valence-electron chi connectivity index (χ0n) is 15.7. The van der Waals surface area contributed by atoms with E-state index >= 15 is 0 Å². The molecule has 3 aromatic carbocycles. The number of carbonyl (C=O) groups excluding carboxylic acids is 1. The summed E-state index contributed by atoms with van der Waals surface area (Å²) < 4.78 is 5.74. The summed E-state index contributed by atoms with van der Waals surface area (Å²) in [6.07, 6.45) is 0. The first-order chi connectivity index (χ1) is 14.1. The quantitative estimate of drug-likeness (QED) is 0.396. The molecule has 0 aromatic heterocycles. The minimum atomic E-state index is -0.0882. The summed E-state index contributed by atoms with van der Waals surface area (Å²) in [7, 11) is 0. The fraction of sp³-hybridized carbons (Fsp3) is 0.174. The normalized spacial score (nSPS) is 10.6. The summed E-state index contributed by atoms with van der Waals surface area (Å²) in [4.78, 5) is 12.3. The van der Waals surface area contributed by atoms with Crippen molar-refractivity contribution in [2.24, 2.45) is 0 Å². The van der Waals surface area contributed by atoms with E-state index in [1.54, 1.807) is 36.0 Å². The third kappa shape index (κ3) is 7.00. The molecule has 3 nitrogen and oxygen atoms in total. The number of thioether (sulfide) groups is 1. The summed E-state index contributed by atoms with van der Waals surface area (Å²) >= 11 is 13.8. The van der Waals surface area contributed by atoms with Gasteiger partial charge in [-0.15, -0.1) is 0 Å². The number of benzene rings is 3. The fourth-order valence-electron chi connectivity index (χ4n) is 2.59. The zero-order chi connectivity index (χ0) is 20.5. The lowest BCUT2D eigenvalue weighted by Crippen LogP contribution is -2.25. The summed E-state index contributed by atoms with van der Waals surface area (Å²) in [6.45, 7) is 0.998. The van der Waals surface area contributed by atoms with Crippen molar-refractivity contribution in [3.8, 4) is 5.75 Å². The lowest BCUT2D eigenvalue weighted by molar-refractivity contribution is 0.0956. The molecule has 6 heteroatoms. The smallest absolute Gasteiger partial charge is 0.251 e. The van der Waals surface area contributed by atoms with Crippen molar-refractivity contribution >= 4 is 40.9 Å². The molecule has 0 aliphatic carbocycles. The largest absolute Gasteiger partial charge is 0.489 e.